The summed E-state index contributed by atoms with van der Waals surface area (Å²) < 4.78 is 0. The van der Waals surface area contributed by atoms with Gasteiger partial charge in [0.15, 0.2) is 0 Å². The van der Waals surface area contributed by atoms with Crippen LogP contribution >= 0.6 is 0 Å². The lowest BCUT2D eigenvalue weighted by atomic mass is 9.95. The summed E-state index contributed by atoms with van der Waals surface area (Å²) in [4.78, 5) is 22.3. The van der Waals surface area contributed by atoms with E-state index in [4.69, 9.17) is 5.73 Å². The van der Waals surface area contributed by atoms with Gasteiger partial charge in [-0.3, -0.25) is 14.9 Å². The second kappa shape index (κ2) is 5.52. The number of aryl methyl sites for hydroxylation is 1. The maximum absolute atomic E-state index is 11.5. The maximum Gasteiger partial charge on any atom is 0.276 e. The molecule has 102 valence electrons. The summed E-state index contributed by atoms with van der Waals surface area (Å²) in [5, 5.41) is 11.3. The van der Waals surface area contributed by atoms with Gasteiger partial charge in [0, 0.05) is 23.1 Å². The Kier molecular flexibility index (Phi) is 3.79. The van der Waals surface area contributed by atoms with E-state index in [2.05, 4.69) is 0 Å². The van der Waals surface area contributed by atoms with Gasteiger partial charge in [-0.1, -0.05) is 36.4 Å². The average molecular weight is 270 g/mol. The first-order valence-electron chi connectivity index (χ1n) is 6.11. The summed E-state index contributed by atoms with van der Waals surface area (Å²) >= 11 is 0. The summed E-state index contributed by atoms with van der Waals surface area (Å²) in [6.07, 6.45) is 0.303. The molecule has 5 heteroatoms. The van der Waals surface area contributed by atoms with Gasteiger partial charge in [0.05, 0.1) is 4.92 Å². The van der Waals surface area contributed by atoms with Gasteiger partial charge in [0.1, 0.15) is 0 Å². The second-order valence-electron chi connectivity index (χ2n) is 4.54. The Bertz CT molecular complexity index is 666. The molecule has 2 rings (SSSR count). The van der Waals surface area contributed by atoms with Gasteiger partial charge >= 0.3 is 0 Å². The second-order valence-corrected chi connectivity index (χ2v) is 4.54. The van der Waals surface area contributed by atoms with Gasteiger partial charge in [-0.05, 0) is 18.6 Å². The summed E-state index contributed by atoms with van der Waals surface area (Å²) in [5.41, 5.74) is 7.27. The first-order valence-corrected chi connectivity index (χ1v) is 6.11. The first kappa shape index (κ1) is 13.7. The molecule has 20 heavy (non-hydrogen) atoms. The quantitative estimate of drug-likeness (QED) is 0.684. The minimum Gasteiger partial charge on any atom is -0.366 e. The highest BCUT2D eigenvalue weighted by molar-refractivity contribution is 5.95. The zero-order chi connectivity index (χ0) is 14.7. The number of nitro groups is 1. The summed E-state index contributed by atoms with van der Waals surface area (Å²) in [5.74, 6) is -0.654. The standard InChI is InChI=1S/C15H14N2O3/c1-10-7-8-12(15(16)18)13(14(10)17(19)20)9-11-5-3-2-4-6-11/h2-8H,9H2,1H3,(H2,16,18). The SMILES string of the molecule is Cc1ccc(C(N)=O)c(Cc2ccccc2)c1[N+](=O)[O-]. The molecule has 0 aromatic heterocycles. The van der Waals surface area contributed by atoms with Gasteiger partial charge < -0.3 is 5.73 Å². The van der Waals surface area contributed by atoms with Crippen molar-refractivity contribution in [2.24, 2.45) is 5.73 Å². The van der Waals surface area contributed by atoms with Crippen LogP contribution in [-0.4, -0.2) is 10.8 Å². The number of nitrogens with zero attached hydrogens (tertiary/aromatic N) is 1. The molecule has 5 nitrogen and oxygen atoms in total. The normalized spacial score (nSPS) is 10.2. The van der Waals surface area contributed by atoms with E-state index in [0.29, 0.717) is 17.5 Å². The van der Waals surface area contributed by atoms with Crippen molar-refractivity contribution in [3.8, 4) is 0 Å². The molecule has 0 atom stereocenters. The van der Waals surface area contributed by atoms with Crippen LogP contribution in [0.2, 0.25) is 0 Å². The van der Waals surface area contributed by atoms with Gasteiger partial charge in [-0.2, -0.15) is 0 Å². The minimum atomic E-state index is -0.654. The highest BCUT2D eigenvalue weighted by Gasteiger charge is 2.23. The molecule has 0 saturated carbocycles. The van der Waals surface area contributed by atoms with Crippen molar-refractivity contribution < 1.29 is 9.72 Å². The molecule has 2 aromatic rings. The number of nitro benzene ring substituents is 1. The average Bonchev–Trinajstić information content (AvgIpc) is 2.39. The molecular weight excluding hydrogens is 256 g/mol. The van der Waals surface area contributed by atoms with Crippen LogP contribution in [0.15, 0.2) is 42.5 Å². The predicted molar refractivity (Wildman–Crippen MR) is 75.6 cm³/mol. The Morgan fingerprint density at radius 3 is 2.40 bits per heavy atom. The number of benzene rings is 2. The van der Waals surface area contributed by atoms with Crippen molar-refractivity contribution in [2.75, 3.05) is 0 Å². The smallest absolute Gasteiger partial charge is 0.276 e. The van der Waals surface area contributed by atoms with Crippen LogP contribution in [0.4, 0.5) is 5.69 Å². The summed E-state index contributed by atoms with van der Waals surface area (Å²) in [6.45, 7) is 1.65. The van der Waals surface area contributed by atoms with E-state index in [-0.39, 0.29) is 11.3 Å². The number of carbonyl (C=O) groups excluding carboxylic acids is 1. The monoisotopic (exact) mass is 270 g/mol. The molecule has 0 aliphatic carbocycles. The van der Waals surface area contributed by atoms with Gasteiger partial charge in [-0.25, -0.2) is 0 Å². The van der Waals surface area contributed by atoms with E-state index in [0.717, 1.165) is 5.56 Å². The topological polar surface area (TPSA) is 86.2 Å². The van der Waals surface area contributed by atoms with Crippen molar-refractivity contribution in [1.29, 1.82) is 0 Å². The van der Waals surface area contributed by atoms with E-state index < -0.39 is 10.8 Å². The molecule has 2 aromatic carbocycles. The van der Waals surface area contributed by atoms with Crippen molar-refractivity contribution >= 4 is 11.6 Å². The zero-order valence-corrected chi connectivity index (χ0v) is 11.0. The third kappa shape index (κ3) is 2.66. The number of nitrogens with two attached hydrogens (primary N) is 1. The first-order chi connectivity index (χ1) is 9.50. The molecule has 2 N–H and O–H groups in total. The van der Waals surface area contributed by atoms with Crippen LogP contribution < -0.4 is 5.73 Å². The van der Waals surface area contributed by atoms with Crippen molar-refractivity contribution in [3.63, 3.8) is 0 Å². The number of carbonyl (C=O) groups is 1. The molecule has 0 aliphatic heterocycles. The van der Waals surface area contributed by atoms with Gasteiger partial charge in [0.2, 0.25) is 5.91 Å². The van der Waals surface area contributed by atoms with E-state index in [9.17, 15) is 14.9 Å². The minimum absolute atomic E-state index is 0.0369. The van der Waals surface area contributed by atoms with Crippen LogP contribution in [0.25, 0.3) is 0 Å². The van der Waals surface area contributed by atoms with Crippen LogP contribution in [0.5, 0.6) is 0 Å². The van der Waals surface area contributed by atoms with Crippen LogP contribution in [0, 0.1) is 17.0 Å². The molecule has 0 bridgehead atoms. The van der Waals surface area contributed by atoms with Crippen molar-refractivity contribution in [1.82, 2.24) is 0 Å². The highest BCUT2D eigenvalue weighted by atomic mass is 16.6. The molecular formula is C15H14N2O3. The Morgan fingerprint density at radius 1 is 1.20 bits per heavy atom. The molecule has 0 spiro atoms. The third-order valence-corrected chi connectivity index (χ3v) is 3.16. The number of hydrogen-bond acceptors (Lipinski definition) is 3. The molecule has 0 unspecified atom stereocenters. The Balaban J connectivity index is 2.61. The fourth-order valence-electron chi connectivity index (χ4n) is 2.22. The zero-order valence-electron chi connectivity index (χ0n) is 11.0. The molecule has 0 aliphatic rings. The van der Waals surface area contributed by atoms with Crippen LogP contribution in [0.3, 0.4) is 0 Å². The van der Waals surface area contributed by atoms with Crippen LogP contribution in [0.1, 0.15) is 27.0 Å². The summed E-state index contributed by atoms with van der Waals surface area (Å²) in [6, 6.07) is 12.4. The third-order valence-electron chi connectivity index (χ3n) is 3.16. The number of primary amides is 1. The maximum atomic E-state index is 11.5. The Morgan fingerprint density at radius 2 is 1.85 bits per heavy atom. The molecule has 0 heterocycles. The largest absolute Gasteiger partial charge is 0.366 e. The molecule has 0 fully saturated rings. The van der Waals surface area contributed by atoms with Crippen LogP contribution in [-0.2, 0) is 6.42 Å². The van der Waals surface area contributed by atoms with Crippen molar-refractivity contribution in [2.45, 2.75) is 13.3 Å². The molecule has 0 saturated heterocycles. The Labute approximate surface area is 116 Å². The van der Waals surface area contributed by atoms with E-state index in [1.54, 1.807) is 19.1 Å². The highest BCUT2D eigenvalue weighted by Crippen LogP contribution is 2.28. The van der Waals surface area contributed by atoms with Gasteiger partial charge in [-0.15, -0.1) is 0 Å². The molecule has 1 amide bonds. The van der Waals surface area contributed by atoms with Crippen molar-refractivity contribution in [3.05, 3.63) is 74.8 Å². The lowest BCUT2D eigenvalue weighted by molar-refractivity contribution is -0.386. The molecule has 0 radical (unpaired) electrons. The summed E-state index contributed by atoms with van der Waals surface area (Å²) in [7, 11) is 0. The number of rotatable bonds is 4. The van der Waals surface area contributed by atoms with E-state index >= 15 is 0 Å². The van der Waals surface area contributed by atoms with E-state index in [1.165, 1.54) is 0 Å². The van der Waals surface area contributed by atoms with E-state index in [1.807, 2.05) is 30.3 Å². The number of amides is 1. The predicted octanol–water partition coefficient (Wildman–Crippen LogP) is 2.59. The number of hydrogen-bond donors (Lipinski definition) is 1. The fraction of sp³-hybridized carbons (Fsp3) is 0.133. The fourth-order valence-corrected chi connectivity index (χ4v) is 2.22. The lowest BCUT2D eigenvalue weighted by Gasteiger charge is -2.10. The Hall–Kier alpha value is -2.69. The lowest BCUT2D eigenvalue weighted by Crippen LogP contribution is -2.15. The van der Waals surface area contributed by atoms with Gasteiger partial charge in [0.25, 0.3) is 5.69 Å².